The lowest BCUT2D eigenvalue weighted by Crippen LogP contribution is -2.40. The van der Waals surface area contributed by atoms with Crippen molar-refractivity contribution in [3.05, 3.63) is 22.2 Å². The molecule has 8 heteroatoms. The molecule has 1 heterocycles. The molecule has 110 valence electrons. The van der Waals surface area contributed by atoms with Crippen LogP contribution in [0.3, 0.4) is 0 Å². The molecule has 1 aromatic rings. The summed E-state index contributed by atoms with van der Waals surface area (Å²) in [6, 6.07) is 2.42. The van der Waals surface area contributed by atoms with Crippen molar-refractivity contribution in [3.8, 4) is 0 Å². The number of carbonyl (C=O) groups is 1. The molecule has 1 aliphatic heterocycles. The third-order valence-corrected chi connectivity index (χ3v) is 5.44. The lowest BCUT2D eigenvalue weighted by atomic mass is 10.2. The molecule has 0 aliphatic carbocycles. The van der Waals surface area contributed by atoms with E-state index in [-0.39, 0.29) is 10.8 Å². The number of hydrogen-bond acceptors (Lipinski definition) is 4. The molecular weight excluding hydrogens is 346 g/mol. The largest absolute Gasteiger partial charge is 0.398 e. The predicted octanol–water partition coefficient (Wildman–Crippen LogP) is 0.849. The van der Waals surface area contributed by atoms with Crippen molar-refractivity contribution in [2.45, 2.75) is 24.3 Å². The average molecular weight is 362 g/mol. The molecule has 0 aromatic heterocycles. The highest BCUT2D eigenvalue weighted by Gasteiger charge is 2.33. The first-order chi connectivity index (χ1) is 9.22. The van der Waals surface area contributed by atoms with Crippen LogP contribution in [-0.2, 0) is 14.8 Å². The maximum atomic E-state index is 12.4. The quantitative estimate of drug-likeness (QED) is 0.780. The summed E-state index contributed by atoms with van der Waals surface area (Å²) in [5, 5.41) is 0. The number of nitrogens with one attached hydrogen (secondary N) is 1. The van der Waals surface area contributed by atoms with E-state index in [9.17, 15) is 13.2 Å². The molecule has 0 radical (unpaired) electrons. The third kappa shape index (κ3) is 2.82. The first-order valence-electron chi connectivity index (χ1n) is 6.05. The zero-order valence-corrected chi connectivity index (χ0v) is 13.6. The van der Waals surface area contributed by atoms with Gasteiger partial charge in [0.05, 0.1) is 4.90 Å². The maximum absolute atomic E-state index is 12.4. The summed E-state index contributed by atoms with van der Waals surface area (Å²) in [6.45, 7) is 2.19. The van der Waals surface area contributed by atoms with Gasteiger partial charge in [-0.1, -0.05) is 15.9 Å². The summed E-state index contributed by atoms with van der Waals surface area (Å²) in [6.07, 6.45) is 0.469. The van der Waals surface area contributed by atoms with Gasteiger partial charge in [-0.15, -0.1) is 0 Å². The molecule has 0 spiro atoms. The van der Waals surface area contributed by atoms with E-state index in [0.29, 0.717) is 28.7 Å². The molecule has 1 unspecified atom stereocenters. The summed E-state index contributed by atoms with van der Waals surface area (Å²) in [5.41, 5.74) is 6.63. The van der Waals surface area contributed by atoms with Gasteiger partial charge in [0.2, 0.25) is 15.9 Å². The van der Waals surface area contributed by atoms with Gasteiger partial charge in [-0.3, -0.25) is 4.79 Å². The van der Waals surface area contributed by atoms with Crippen LogP contribution in [0.1, 0.15) is 12.0 Å². The van der Waals surface area contributed by atoms with Crippen molar-refractivity contribution in [1.82, 2.24) is 9.62 Å². The second-order valence-corrected chi connectivity index (χ2v) is 7.44. The van der Waals surface area contributed by atoms with Gasteiger partial charge in [-0.2, -0.15) is 4.72 Å². The second kappa shape index (κ2) is 5.34. The van der Waals surface area contributed by atoms with E-state index in [4.69, 9.17) is 5.73 Å². The van der Waals surface area contributed by atoms with E-state index in [1.165, 1.54) is 11.0 Å². The summed E-state index contributed by atoms with van der Waals surface area (Å²) < 4.78 is 27.8. The van der Waals surface area contributed by atoms with Crippen LogP contribution in [0.5, 0.6) is 0 Å². The number of nitrogens with two attached hydrogens (primary N) is 1. The molecule has 2 rings (SSSR count). The predicted molar refractivity (Wildman–Crippen MR) is 79.7 cm³/mol. The summed E-state index contributed by atoms with van der Waals surface area (Å²) >= 11 is 3.23. The SMILES string of the molecule is Cc1c(N)cc(Br)cc1S(=O)(=O)NC1CCN(C)C1=O. The van der Waals surface area contributed by atoms with E-state index in [1.807, 2.05) is 0 Å². The van der Waals surface area contributed by atoms with Gasteiger partial charge in [-0.05, 0) is 31.0 Å². The normalized spacial score (nSPS) is 19.6. The Morgan fingerprint density at radius 1 is 1.45 bits per heavy atom. The van der Waals surface area contributed by atoms with Gasteiger partial charge < -0.3 is 10.6 Å². The number of likely N-dealkylation sites (N-methyl/N-ethyl adjacent to an activating group) is 1. The van der Waals surface area contributed by atoms with Crippen molar-refractivity contribution in [3.63, 3.8) is 0 Å². The Balaban J connectivity index is 2.34. The van der Waals surface area contributed by atoms with E-state index in [1.54, 1.807) is 20.0 Å². The van der Waals surface area contributed by atoms with Gasteiger partial charge >= 0.3 is 0 Å². The summed E-state index contributed by atoms with van der Waals surface area (Å²) in [4.78, 5) is 13.4. The number of hydrogen-bond donors (Lipinski definition) is 2. The van der Waals surface area contributed by atoms with Gasteiger partial charge in [-0.25, -0.2) is 8.42 Å². The topological polar surface area (TPSA) is 92.5 Å². The van der Waals surface area contributed by atoms with Crippen LogP contribution >= 0.6 is 15.9 Å². The lowest BCUT2D eigenvalue weighted by Gasteiger charge is -2.15. The zero-order chi connectivity index (χ0) is 15.1. The molecule has 20 heavy (non-hydrogen) atoms. The molecule has 1 amide bonds. The van der Waals surface area contributed by atoms with Crippen LogP contribution in [0.25, 0.3) is 0 Å². The van der Waals surface area contributed by atoms with Crippen molar-refractivity contribution in [1.29, 1.82) is 0 Å². The minimum Gasteiger partial charge on any atom is -0.398 e. The van der Waals surface area contributed by atoms with Crippen LogP contribution in [-0.4, -0.2) is 38.9 Å². The number of benzene rings is 1. The number of halogens is 1. The van der Waals surface area contributed by atoms with Crippen molar-refractivity contribution in [2.24, 2.45) is 0 Å². The second-order valence-electron chi connectivity index (χ2n) is 4.84. The van der Waals surface area contributed by atoms with Crippen LogP contribution < -0.4 is 10.5 Å². The monoisotopic (exact) mass is 361 g/mol. The number of likely N-dealkylation sites (tertiary alicyclic amines) is 1. The maximum Gasteiger partial charge on any atom is 0.241 e. The van der Waals surface area contributed by atoms with Crippen LogP contribution in [0.4, 0.5) is 5.69 Å². The van der Waals surface area contributed by atoms with Crippen LogP contribution in [0, 0.1) is 6.92 Å². The molecule has 1 fully saturated rings. The highest BCUT2D eigenvalue weighted by atomic mass is 79.9. The number of amides is 1. The van der Waals surface area contributed by atoms with E-state index in [2.05, 4.69) is 20.7 Å². The number of carbonyl (C=O) groups excluding carboxylic acids is 1. The molecule has 1 atom stereocenters. The zero-order valence-electron chi connectivity index (χ0n) is 11.2. The van der Waals surface area contributed by atoms with Gasteiger partial charge in [0, 0.05) is 23.8 Å². The number of nitrogen functional groups attached to an aromatic ring is 1. The van der Waals surface area contributed by atoms with Gasteiger partial charge in [0.1, 0.15) is 6.04 Å². The molecule has 3 N–H and O–H groups in total. The fourth-order valence-electron chi connectivity index (χ4n) is 2.14. The number of nitrogens with zero attached hydrogens (tertiary/aromatic N) is 1. The number of sulfonamides is 1. The molecule has 1 saturated heterocycles. The minimum absolute atomic E-state index is 0.0896. The van der Waals surface area contributed by atoms with Crippen molar-refractivity contribution >= 4 is 37.5 Å². The first-order valence-corrected chi connectivity index (χ1v) is 8.33. The Labute approximate surface area is 126 Å². The highest BCUT2D eigenvalue weighted by molar-refractivity contribution is 9.10. The van der Waals surface area contributed by atoms with Crippen molar-refractivity contribution < 1.29 is 13.2 Å². The Morgan fingerprint density at radius 2 is 2.10 bits per heavy atom. The Hall–Kier alpha value is -1.12. The third-order valence-electron chi connectivity index (χ3n) is 3.38. The molecule has 1 aromatic carbocycles. The standard InChI is InChI=1S/C12H16BrN3O3S/c1-7-9(14)5-8(13)6-11(7)20(18,19)15-10-3-4-16(2)12(10)17/h5-6,10,15H,3-4,14H2,1-2H3. The van der Waals surface area contributed by atoms with Gasteiger partial charge in [0.25, 0.3) is 0 Å². The van der Waals surface area contributed by atoms with E-state index < -0.39 is 16.1 Å². The smallest absolute Gasteiger partial charge is 0.241 e. The number of anilines is 1. The molecule has 0 saturated carbocycles. The Bertz CT molecular complexity index is 660. The van der Waals surface area contributed by atoms with Gasteiger partial charge in [0.15, 0.2) is 0 Å². The minimum atomic E-state index is -3.78. The summed E-state index contributed by atoms with van der Waals surface area (Å²) in [5.74, 6) is -0.214. The first kappa shape index (κ1) is 15.3. The summed E-state index contributed by atoms with van der Waals surface area (Å²) in [7, 11) is -2.13. The molecule has 6 nitrogen and oxygen atoms in total. The van der Waals surface area contributed by atoms with Crippen LogP contribution in [0.2, 0.25) is 0 Å². The highest BCUT2D eigenvalue weighted by Crippen LogP contribution is 2.26. The number of rotatable bonds is 3. The Kier molecular flexibility index (Phi) is 4.08. The van der Waals surface area contributed by atoms with E-state index in [0.717, 1.165) is 0 Å². The van der Waals surface area contributed by atoms with Crippen molar-refractivity contribution in [2.75, 3.05) is 19.3 Å². The average Bonchev–Trinajstić information content (AvgIpc) is 2.65. The molecular formula is C12H16BrN3O3S. The molecule has 1 aliphatic rings. The molecule has 0 bridgehead atoms. The lowest BCUT2D eigenvalue weighted by molar-refractivity contribution is -0.127. The van der Waals surface area contributed by atoms with E-state index >= 15 is 0 Å². The fraction of sp³-hybridized carbons (Fsp3) is 0.417. The Morgan fingerprint density at radius 3 is 2.65 bits per heavy atom. The van der Waals surface area contributed by atoms with Crippen LogP contribution in [0.15, 0.2) is 21.5 Å². The fourth-order valence-corrected chi connectivity index (χ4v) is 4.29.